The number of hydrogen-bond donors (Lipinski definition) is 1. The van der Waals surface area contributed by atoms with Crippen LogP contribution in [0.3, 0.4) is 0 Å². The molecule has 1 aliphatic rings. The van der Waals surface area contributed by atoms with E-state index < -0.39 is 0 Å². The fraction of sp³-hybridized carbons (Fsp3) is 0.500. The van der Waals surface area contributed by atoms with Crippen LogP contribution >= 0.6 is 35.3 Å². The number of thiophene rings is 1. The van der Waals surface area contributed by atoms with Gasteiger partial charge in [-0.25, -0.2) is 4.39 Å². The van der Waals surface area contributed by atoms with Crippen molar-refractivity contribution in [1.82, 2.24) is 15.1 Å². The SMILES string of the molecule is CCNC(=NCC(c1cccc(F)c1)N1CCOCC1)N(C)CCc1cccs1.I. The normalized spacial score (nSPS) is 16.0. The highest BCUT2D eigenvalue weighted by atomic mass is 127. The lowest BCUT2D eigenvalue weighted by molar-refractivity contribution is 0.0179. The van der Waals surface area contributed by atoms with Crippen LogP contribution in [0, 0.1) is 5.82 Å². The van der Waals surface area contributed by atoms with Crippen LogP contribution in [0.5, 0.6) is 0 Å². The van der Waals surface area contributed by atoms with E-state index in [0.717, 1.165) is 44.1 Å². The first kappa shape index (κ1) is 25.0. The number of nitrogens with one attached hydrogen (secondary N) is 1. The van der Waals surface area contributed by atoms with Gasteiger partial charge in [-0.15, -0.1) is 35.3 Å². The molecule has 2 heterocycles. The number of ether oxygens (including phenoxy) is 1. The zero-order chi connectivity index (χ0) is 20.5. The second-order valence-electron chi connectivity index (χ2n) is 7.16. The highest BCUT2D eigenvalue weighted by molar-refractivity contribution is 14.0. The summed E-state index contributed by atoms with van der Waals surface area (Å²) in [5.74, 6) is 0.684. The van der Waals surface area contributed by atoms with Gasteiger partial charge < -0.3 is 15.0 Å². The quantitative estimate of drug-likeness (QED) is 0.309. The smallest absolute Gasteiger partial charge is 0.193 e. The number of likely N-dealkylation sites (N-methyl/N-ethyl adjacent to an activating group) is 1. The molecule has 0 radical (unpaired) electrons. The Kier molecular flexibility index (Phi) is 11.0. The number of hydrogen-bond acceptors (Lipinski definition) is 4. The Bertz CT molecular complexity index is 768. The summed E-state index contributed by atoms with van der Waals surface area (Å²) in [6.45, 7) is 7.44. The van der Waals surface area contributed by atoms with Gasteiger partial charge in [0.25, 0.3) is 0 Å². The van der Waals surface area contributed by atoms with Crippen LogP contribution in [0.4, 0.5) is 4.39 Å². The third kappa shape index (κ3) is 7.47. The van der Waals surface area contributed by atoms with Crippen molar-refractivity contribution in [2.75, 3.05) is 53.0 Å². The van der Waals surface area contributed by atoms with Gasteiger partial charge in [0.05, 0.1) is 25.8 Å². The van der Waals surface area contributed by atoms with Crippen molar-refractivity contribution in [1.29, 1.82) is 0 Å². The standard InChI is InChI=1S/C22H31FN4OS.HI/c1-3-24-22(26(2)10-9-20-8-5-15-29-20)25-17-21(27-11-13-28-14-12-27)18-6-4-7-19(23)16-18;/h4-8,15-16,21H,3,9-14,17H2,1-2H3,(H,24,25);1H. The first-order valence-electron chi connectivity index (χ1n) is 10.3. The molecule has 1 atom stereocenters. The largest absolute Gasteiger partial charge is 0.379 e. The van der Waals surface area contributed by atoms with E-state index >= 15 is 0 Å². The second-order valence-corrected chi connectivity index (χ2v) is 8.20. The molecule has 1 saturated heterocycles. The molecule has 1 unspecified atom stereocenters. The molecular formula is C22H32FIN4OS. The van der Waals surface area contributed by atoms with Crippen LogP contribution in [-0.4, -0.2) is 68.7 Å². The number of morpholine rings is 1. The molecule has 0 aliphatic carbocycles. The van der Waals surface area contributed by atoms with Crippen molar-refractivity contribution < 1.29 is 9.13 Å². The van der Waals surface area contributed by atoms with Crippen molar-refractivity contribution in [2.24, 2.45) is 4.99 Å². The number of benzene rings is 1. The van der Waals surface area contributed by atoms with Gasteiger partial charge in [-0.2, -0.15) is 0 Å². The van der Waals surface area contributed by atoms with Crippen molar-refractivity contribution in [3.8, 4) is 0 Å². The molecule has 1 aromatic heterocycles. The van der Waals surface area contributed by atoms with Gasteiger partial charge >= 0.3 is 0 Å². The Balaban J connectivity index is 0.00000320. The van der Waals surface area contributed by atoms with Crippen molar-refractivity contribution in [3.05, 3.63) is 58.0 Å². The van der Waals surface area contributed by atoms with Crippen LogP contribution < -0.4 is 5.32 Å². The highest BCUT2D eigenvalue weighted by Gasteiger charge is 2.23. The number of rotatable bonds is 8. The van der Waals surface area contributed by atoms with Gasteiger partial charge in [0.15, 0.2) is 5.96 Å². The Morgan fingerprint density at radius 2 is 2.10 bits per heavy atom. The maximum atomic E-state index is 13.9. The molecule has 2 aromatic rings. The third-order valence-corrected chi connectivity index (χ3v) is 6.04. The maximum absolute atomic E-state index is 13.9. The monoisotopic (exact) mass is 546 g/mol. The molecule has 8 heteroatoms. The summed E-state index contributed by atoms with van der Waals surface area (Å²) < 4.78 is 19.4. The number of guanidine groups is 1. The third-order valence-electron chi connectivity index (χ3n) is 5.10. The van der Waals surface area contributed by atoms with Gasteiger partial charge in [0, 0.05) is 38.1 Å². The number of halogens is 2. The Morgan fingerprint density at radius 1 is 1.30 bits per heavy atom. The van der Waals surface area contributed by atoms with E-state index in [-0.39, 0.29) is 35.8 Å². The average molecular weight is 546 g/mol. The van der Waals surface area contributed by atoms with E-state index in [9.17, 15) is 4.39 Å². The molecule has 1 aliphatic heterocycles. The van der Waals surface area contributed by atoms with Crippen LogP contribution in [0.25, 0.3) is 0 Å². The van der Waals surface area contributed by atoms with E-state index in [1.165, 1.54) is 10.9 Å². The lowest BCUT2D eigenvalue weighted by Crippen LogP contribution is -2.42. The zero-order valence-electron chi connectivity index (χ0n) is 17.7. The molecule has 1 N–H and O–H groups in total. The lowest BCUT2D eigenvalue weighted by atomic mass is 10.0. The van der Waals surface area contributed by atoms with E-state index in [2.05, 4.69) is 46.6 Å². The van der Waals surface area contributed by atoms with Crippen LogP contribution in [0.1, 0.15) is 23.4 Å². The Labute approximate surface area is 200 Å². The van der Waals surface area contributed by atoms with E-state index in [4.69, 9.17) is 9.73 Å². The molecule has 1 aromatic carbocycles. The van der Waals surface area contributed by atoms with Gasteiger partial charge in [0.2, 0.25) is 0 Å². The van der Waals surface area contributed by atoms with Crippen LogP contribution in [0.2, 0.25) is 0 Å². The summed E-state index contributed by atoms with van der Waals surface area (Å²) in [6.07, 6.45) is 0.995. The lowest BCUT2D eigenvalue weighted by Gasteiger charge is -2.34. The summed E-state index contributed by atoms with van der Waals surface area (Å²) >= 11 is 1.78. The molecule has 1 fully saturated rings. The number of aliphatic imine (C=N–C) groups is 1. The van der Waals surface area contributed by atoms with Crippen molar-refractivity contribution in [3.63, 3.8) is 0 Å². The predicted octanol–water partition coefficient (Wildman–Crippen LogP) is 4.02. The maximum Gasteiger partial charge on any atom is 0.193 e. The fourth-order valence-corrected chi connectivity index (χ4v) is 4.21. The van der Waals surface area contributed by atoms with Gasteiger partial charge in [-0.1, -0.05) is 18.2 Å². The minimum Gasteiger partial charge on any atom is -0.379 e. The molecule has 166 valence electrons. The summed E-state index contributed by atoms with van der Waals surface area (Å²) in [5.41, 5.74) is 0.965. The zero-order valence-corrected chi connectivity index (χ0v) is 20.9. The first-order chi connectivity index (χ1) is 14.2. The summed E-state index contributed by atoms with van der Waals surface area (Å²) in [5, 5.41) is 5.51. The molecular weight excluding hydrogens is 514 g/mol. The average Bonchev–Trinajstić information content (AvgIpc) is 3.26. The molecule has 0 amide bonds. The summed E-state index contributed by atoms with van der Waals surface area (Å²) in [6, 6.07) is 11.2. The second kappa shape index (κ2) is 13.2. The highest BCUT2D eigenvalue weighted by Crippen LogP contribution is 2.23. The Hall–Kier alpha value is -1.23. The first-order valence-corrected chi connectivity index (χ1v) is 11.1. The molecule has 0 saturated carbocycles. The van der Waals surface area contributed by atoms with E-state index in [1.807, 2.05) is 6.07 Å². The molecule has 30 heavy (non-hydrogen) atoms. The minimum atomic E-state index is -0.204. The molecule has 0 spiro atoms. The summed E-state index contributed by atoms with van der Waals surface area (Å²) in [4.78, 5) is 10.8. The van der Waals surface area contributed by atoms with Crippen LogP contribution in [0.15, 0.2) is 46.8 Å². The van der Waals surface area contributed by atoms with Gasteiger partial charge in [0.1, 0.15) is 5.82 Å². The Morgan fingerprint density at radius 3 is 2.77 bits per heavy atom. The number of nitrogens with zero attached hydrogens (tertiary/aromatic N) is 3. The topological polar surface area (TPSA) is 40.1 Å². The summed E-state index contributed by atoms with van der Waals surface area (Å²) in [7, 11) is 2.07. The molecule has 3 rings (SSSR count). The van der Waals surface area contributed by atoms with Crippen molar-refractivity contribution in [2.45, 2.75) is 19.4 Å². The minimum absolute atomic E-state index is 0. The van der Waals surface area contributed by atoms with E-state index in [1.54, 1.807) is 23.5 Å². The van der Waals surface area contributed by atoms with Gasteiger partial charge in [-0.05, 0) is 42.5 Å². The molecule has 5 nitrogen and oxygen atoms in total. The fourth-order valence-electron chi connectivity index (χ4n) is 3.52. The van der Waals surface area contributed by atoms with Crippen molar-refractivity contribution >= 4 is 41.3 Å². The van der Waals surface area contributed by atoms with Gasteiger partial charge in [-0.3, -0.25) is 9.89 Å². The molecule has 0 bridgehead atoms. The van der Waals surface area contributed by atoms with E-state index in [0.29, 0.717) is 19.8 Å². The van der Waals surface area contributed by atoms with Crippen LogP contribution in [-0.2, 0) is 11.2 Å². The predicted molar refractivity (Wildman–Crippen MR) is 134 cm³/mol.